The van der Waals surface area contributed by atoms with Gasteiger partial charge in [-0.05, 0) is 54.8 Å². The third-order valence-electron chi connectivity index (χ3n) is 5.79. The van der Waals surface area contributed by atoms with Crippen molar-refractivity contribution in [1.29, 1.82) is 0 Å². The Morgan fingerprint density at radius 3 is 2.60 bits per heavy atom. The average molecular weight is 421 g/mol. The Hall–Kier alpha value is -2.53. The molecule has 1 heterocycles. The summed E-state index contributed by atoms with van der Waals surface area (Å²) in [6, 6.07) is 16.2. The van der Waals surface area contributed by atoms with Crippen molar-refractivity contribution >= 4 is 34.6 Å². The van der Waals surface area contributed by atoms with E-state index in [1.807, 2.05) is 53.4 Å². The Balaban J connectivity index is 1.74. The number of thioether (sulfide) groups is 1. The molecule has 0 aromatic heterocycles. The fourth-order valence-electron chi connectivity index (χ4n) is 4.17. The summed E-state index contributed by atoms with van der Waals surface area (Å²) in [5, 5.41) is 0.800. The van der Waals surface area contributed by atoms with E-state index in [-0.39, 0.29) is 11.9 Å². The molecule has 5 heteroatoms. The fourth-order valence-corrected chi connectivity index (χ4v) is 5.22. The summed E-state index contributed by atoms with van der Waals surface area (Å²) in [5.74, 6) is 0.829. The van der Waals surface area contributed by atoms with E-state index in [0.717, 1.165) is 41.4 Å². The number of hydrogen-bond donors (Lipinski definition) is 0. The Kier molecular flexibility index (Phi) is 6.58. The molecule has 0 atom stereocenters. The third kappa shape index (κ3) is 4.31. The predicted octanol–water partition coefficient (Wildman–Crippen LogP) is 6.19. The van der Waals surface area contributed by atoms with E-state index in [4.69, 9.17) is 9.73 Å². The number of nitrogens with zero attached hydrogens (tertiary/aromatic N) is 2. The lowest BCUT2D eigenvalue weighted by atomic mass is 9.94. The first-order valence-electron chi connectivity index (χ1n) is 10.7. The van der Waals surface area contributed by atoms with E-state index in [9.17, 15) is 4.79 Å². The van der Waals surface area contributed by atoms with Crippen LogP contribution in [0, 0.1) is 0 Å². The topological polar surface area (TPSA) is 41.9 Å². The Bertz CT molecular complexity index is 977. The molecule has 0 spiro atoms. The highest BCUT2D eigenvalue weighted by Gasteiger charge is 2.38. The molecular formula is C25H28N2O2S. The molecule has 1 amide bonds. The second-order valence-corrected chi connectivity index (χ2v) is 8.71. The van der Waals surface area contributed by atoms with E-state index in [2.05, 4.69) is 13.0 Å². The number of methoxy groups -OCH3 is 1. The van der Waals surface area contributed by atoms with E-state index in [1.165, 1.54) is 36.6 Å². The minimum atomic E-state index is 0.0607. The first-order chi connectivity index (χ1) is 14.7. The molecule has 0 N–H and O–H groups in total. The molecule has 2 aromatic carbocycles. The quantitative estimate of drug-likeness (QED) is 0.541. The lowest BCUT2D eigenvalue weighted by Crippen LogP contribution is -2.40. The van der Waals surface area contributed by atoms with Crippen molar-refractivity contribution in [3.63, 3.8) is 0 Å². The molecule has 156 valence electrons. The smallest absolute Gasteiger partial charge is 0.267 e. The predicted molar refractivity (Wildman–Crippen MR) is 125 cm³/mol. The number of rotatable bonds is 5. The molecule has 1 saturated carbocycles. The van der Waals surface area contributed by atoms with Gasteiger partial charge in [-0.3, -0.25) is 9.69 Å². The molecule has 30 heavy (non-hydrogen) atoms. The second-order valence-electron chi connectivity index (χ2n) is 7.70. The maximum atomic E-state index is 13.5. The average Bonchev–Trinajstić information content (AvgIpc) is 3.09. The van der Waals surface area contributed by atoms with Gasteiger partial charge >= 0.3 is 0 Å². The summed E-state index contributed by atoms with van der Waals surface area (Å²) < 4.78 is 5.48. The molecule has 0 bridgehead atoms. The third-order valence-corrected chi connectivity index (χ3v) is 6.77. The van der Waals surface area contributed by atoms with Crippen molar-refractivity contribution in [3.8, 4) is 5.75 Å². The Morgan fingerprint density at radius 2 is 1.83 bits per heavy atom. The van der Waals surface area contributed by atoms with Gasteiger partial charge in [0.25, 0.3) is 5.91 Å². The minimum absolute atomic E-state index is 0.0607. The summed E-state index contributed by atoms with van der Waals surface area (Å²) in [4.78, 5) is 21.1. The summed E-state index contributed by atoms with van der Waals surface area (Å²) in [5.41, 5.74) is 3.06. The first-order valence-corrected chi connectivity index (χ1v) is 11.6. The van der Waals surface area contributed by atoms with E-state index in [1.54, 1.807) is 7.11 Å². The molecule has 2 aromatic rings. The highest BCUT2D eigenvalue weighted by Crippen LogP contribution is 2.39. The summed E-state index contributed by atoms with van der Waals surface area (Å²) in [6.45, 7) is 2.14. The number of amidine groups is 1. The van der Waals surface area contributed by atoms with Crippen molar-refractivity contribution in [2.75, 3.05) is 7.11 Å². The molecule has 4 rings (SSSR count). The highest BCUT2D eigenvalue weighted by atomic mass is 32.2. The van der Waals surface area contributed by atoms with Gasteiger partial charge < -0.3 is 4.74 Å². The van der Waals surface area contributed by atoms with Gasteiger partial charge in [0.1, 0.15) is 5.75 Å². The zero-order chi connectivity index (χ0) is 20.9. The molecular weight excluding hydrogens is 392 g/mol. The van der Waals surface area contributed by atoms with Crippen LogP contribution in [0.5, 0.6) is 5.75 Å². The molecule has 0 unspecified atom stereocenters. The molecule has 4 nitrogen and oxygen atoms in total. The van der Waals surface area contributed by atoms with Gasteiger partial charge in [-0.15, -0.1) is 0 Å². The van der Waals surface area contributed by atoms with Gasteiger partial charge in [-0.1, -0.05) is 62.6 Å². The molecule has 1 aliphatic carbocycles. The molecule has 1 saturated heterocycles. The van der Waals surface area contributed by atoms with Gasteiger partial charge in [-0.2, -0.15) is 0 Å². The van der Waals surface area contributed by atoms with E-state index < -0.39 is 0 Å². The van der Waals surface area contributed by atoms with Crippen LogP contribution < -0.4 is 4.74 Å². The summed E-state index contributed by atoms with van der Waals surface area (Å²) >= 11 is 1.48. The highest BCUT2D eigenvalue weighted by molar-refractivity contribution is 8.18. The molecule has 1 aliphatic heterocycles. The number of para-hydroxylation sites is 2. The normalized spacial score (nSPS) is 20.3. The molecule has 2 aliphatic rings. The van der Waals surface area contributed by atoms with Crippen LogP contribution in [0.4, 0.5) is 5.69 Å². The number of benzene rings is 2. The van der Waals surface area contributed by atoms with Crippen molar-refractivity contribution in [2.24, 2.45) is 4.99 Å². The minimum Gasteiger partial charge on any atom is -0.496 e. The maximum absolute atomic E-state index is 13.5. The monoisotopic (exact) mass is 420 g/mol. The number of aryl methyl sites for hydroxylation is 1. The fraction of sp³-hybridized carbons (Fsp3) is 0.360. The van der Waals surface area contributed by atoms with Crippen LogP contribution >= 0.6 is 11.8 Å². The second kappa shape index (κ2) is 9.52. The Morgan fingerprint density at radius 1 is 1.10 bits per heavy atom. The summed E-state index contributed by atoms with van der Waals surface area (Å²) in [7, 11) is 1.66. The number of amides is 1. The van der Waals surface area contributed by atoms with Crippen molar-refractivity contribution in [3.05, 3.63) is 64.6 Å². The largest absolute Gasteiger partial charge is 0.496 e. The summed E-state index contributed by atoms with van der Waals surface area (Å²) in [6.07, 6.45) is 8.54. The van der Waals surface area contributed by atoms with Gasteiger partial charge in [0.2, 0.25) is 0 Å². The number of aliphatic imine (C=N–C) groups is 1. The van der Waals surface area contributed by atoms with Crippen LogP contribution in [0.2, 0.25) is 0 Å². The van der Waals surface area contributed by atoms with Crippen LogP contribution in [-0.2, 0) is 11.2 Å². The molecule has 2 fully saturated rings. The van der Waals surface area contributed by atoms with Crippen molar-refractivity contribution in [2.45, 2.75) is 51.5 Å². The SMILES string of the molecule is CCc1ccccc1N=C1S/C(=C/c2ccccc2OC)C(=O)N1C1CCCCC1. The van der Waals surface area contributed by atoms with Crippen LogP contribution in [0.1, 0.15) is 50.2 Å². The van der Waals surface area contributed by atoms with Crippen LogP contribution in [0.25, 0.3) is 6.08 Å². The number of carbonyl (C=O) groups is 1. The zero-order valence-electron chi connectivity index (χ0n) is 17.6. The Labute approximate surface area is 183 Å². The molecule has 0 radical (unpaired) electrons. The zero-order valence-corrected chi connectivity index (χ0v) is 18.5. The standard InChI is InChI=1S/C25H28N2O2S/c1-3-18-11-7-9-15-21(18)26-25-27(20-13-5-4-6-14-20)24(28)23(30-25)17-19-12-8-10-16-22(19)29-2/h7-12,15-17,20H,3-6,13-14H2,1-2H3/b23-17+,26-25?. The van der Waals surface area contributed by atoms with Crippen LogP contribution in [-0.4, -0.2) is 29.1 Å². The maximum Gasteiger partial charge on any atom is 0.267 e. The van der Waals surface area contributed by atoms with Crippen molar-refractivity contribution < 1.29 is 9.53 Å². The van der Waals surface area contributed by atoms with Crippen molar-refractivity contribution in [1.82, 2.24) is 4.90 Å². The van der Waals surface area contributed by atoms with Gasteiger partial charge in [0, 0.05) is 11.6 Å². The van der Waals surface area contributed by atoms with Crippen LogP contribution in [0.15, 0.2) is 58.4 Å². The number of ether oxygens (including phenoxy) is 1. The van der Waals surface area contributed by atoms with E-state index in [0.29, 0.717) is 4.91 Å². The lowest BCUT2D eigenvalue weighted by Gasteiger charge is -2.30. The lowest BCUT2D eigenvalue weighted by molar-refractivity contribution is -0.124. The number of carbonyl (C=O) groups excluding carboxylic acids is 1. The van der Waals surface area contributed by atoms with E-state index >= 15 is 0 Å². The van der Waals surface area contributed by atoms with Crippen LogP contribution in [0.3, 0.4) is 0 Å². The number of hydrogen-bond acceptors (Lipinski definition) is 4. The van der Waals surface area contributed by atoms with Gasteiger partial charge in [-0.25, -0.2) is 4.99 Å². The van der Waals surface area contributed by atoms with Gasteiger partial charge in [0.15, 0.2) is 5.17 Å². The first kappa shape index (κ1) is 20.7. The van der Waals surface area contributed by atoms with Gasteiger partial charge in [0.05, 0.1) is 17.7 Å².